The van der Waals surface area contributed by atoms with E-state index in [1.807, 2.05) is 6.07 Å². The lowest BCUT2D eigenvalue weighted by Gasteiger charge is -2.28. The molecular formula is C21H25ClN4O4. The molecule has 9 heteroatoms. The van der Waals surface area contributed by atoms with Crippen LogP contribution in [0.25, 0.3) is 0 Å². The number of para-hydroxylation sites is 1. The van der Waals surface area contributed by atoms with Gasteiger partial charge >= 0.3 is 6.09 Å². The van der Waals surface area contributed by atoms with Crippen LogP contribution in [-0.2, 0) is 9.53 Å². The van der Waals surface area contributed by atoms with E-state index in [2.05, 4.69) is 10.7 Å². The van der Waals surface area contributed by atoms with Crippen molar-refractivity contribution in [3.8, 4) is 0 Å². The van der Waals surface area contributed by atoms with E-state index in [0.29, 0.717) is 25.1 Å². The van der Waals surface area contributed by atoms with Gasteiger partial charge in [-0.05, 0) is 51.8 Å². The Bertz CT molecular complexity index is 936. The molecule has 1 aromatic heterocycles. The molecule has 8 nitrogen and oxygen atoms in total. The number of anilines is 1. The zero-order valence-corrected chi connectivity index (χ0v) is 17.9. The lowest BCUT2D eigenvalue weighted by atomic mass is 10.2. The number of nitrogens with one attached hydrogen (secondary N) is 2. The molecule has 3 rings (SSSR count). The monoisotopic (exact) mass is 432 g/mol. The van der Waals surface area contributed by atoms with E-state index in [9.17, 15) is 14.4 Å². The number of hydrogen-bond acceptors (Lipinski definition) is 4. The Kier molecular flexibility index (Phi) is 6.36. The summed E-state index contributed by atoms with van der Waals surface area (Å²) in [4.78, 5) is 39.4. The minimum Gasteiger partial charge on any atom is -0.444 e. The van der Waals surface area contributed by atoms with Crippen molar-refractivity contribution in [2.75, 3.05) is 17.3 Å². The number of likely N-dealkylation sites (tertiary alicyclic amines) is 1. The Labute approximate surface area is 180 Å². The van der Waals surface area contributed by atoms with Gasteiger partial charge in [0, 0.05) is 18.4 Å². The van der Waals surface area contributed by atoms with E-state index in [4.69, 9.17) is 16.3 Å². The Balaban J connectivity index is 1.72. The molecule has 2 N–H and O–H groups in total. The molecule has 1 aliphatic rings. The number of amides is 3. The maximum absolute atomic E-state index is 12.9. The fraction of sp³-hybridized carbons (Fsp3) is 0.381. The standard InChI is InChI=1S/C21H25ClN4O4/c1-21(2,3)30-20(29)25-12-7-10-16(25)18(27)24-26-13-11-15(22)17(26)19(28)23-14-8-5-4-6-9-14/h4-6,8-9,11,13,16H,7,10,12H2,1-3H3,(H,23,28)(H,24,27)/t16-/m0/s1. The van der Waals surface area contributed by atoms with Gasteiger partial charge in [0.2, 0.25) is 0 Å². The van der Waals surface area contributed by atoms with Crippen molar-refractivity contribution in [3.63, 3.8) is 0 Å². The van der Waals surface area contributed by atoms with Gasteiger partial charge in [0.15, 0.2) is 0 Å². The Morgan fingerprint density at radius 3 is 2.50 bits per heavy atom. The summed E-state index contributed by atoms with van der Waals surface area (Å²) in [6.45, 7) is 5.75. The molecule has 1 saturated heterocycles. The van der Waals surface area contributed by atoms with Crippen molar-refractivity contribution in [2.24, 2.45) is 0 Å². The molecule has 160 valence electrons. The summed E-state index contributed by atoms with van der Waals surface area (Å²) in [7, 11) is 0. The average Bonchev–Trinajstić information content (AvgIpc) is 3.28. The van der Waals surface area contributed by atoms with E-state index >= 15 is 0 Å². The minimum atomic E-state index is -0.689. The van der Waals surface area contributed by atoms with Crippen molar-refractivity contribution in [3.05, 3.63) is 53.3 Å². The zero-order valence-electron chi connectivity index (χ0n) is 17.1. The van der Waals surface area contributed by atoms with Crippen molar-refractivity contribution in [1.29, 1.82) is 0 Å². The molecule has 1 aliphatic heterocycles. The fourth-order valence-corrected chi connectivity index (χ4v) is 3.44. The highest BCUT2D eigenvalue weighted by atomic mass is 35.5. The predicted octanol–water partition coefficient (Wildman–Crippen LogP) is 3.86. The third-order valence-corrected chi connectivity index (χ3v) is 4.80. The first-order valence-electron chi connectivity index (χ1n) is 9.69. The second-order valence-corrected chi connectivity index (χ2v) is 8.42. The number of halogens is 1. The number of nitrogens with zero attached hydrogens (tertiary/aromatic N) is 2. The summed E-state index contributed by atoms with van der Waals surface area (Å²) in [5.74, 6) is -0.883. The summed E-state index contributed by atoms with van der Waals surface area (Å²) < 4.78 is 6.67. The maximum atomic E-state index is 12.9. The van der Waals surface area contributed by atoms with Gasteiger partial charge in [-0.25, -0.2) is 4.79 Å². The number of hydrogen-bond donors (Lipinski definition) is 2. The number of carbonyl (C=O) groups excluding carboxylic acids is 3. The van der Waals surface area contributed by atoms with Crippen LogP contribution >= 0.6 is 11.6 Å². The number of ether oxygens (including phenoxy) is 1. The van der Waals surface area contributed by atoms with Gasteiger partial charge in [-0.15, -0.1) is 0 Å². The van der Waals surface area contributed by atoms with Gasteiger partial charge in [-0.3, -0.25) is 24.6 Å². The van der Waals surface area contributed by atoms with E-state index in [0.717, 1.165) is 0 Å². The van der Waals surface area contributed by atoms with Crippen LogP contribution in [-0.4, -0.2) is 45.7 Å². The molecule has 3 amide bonds. The van der Waals surface area contributed by atoms with Gasteiger partial charge in [-0.1, -0.05) is 29.8 Å². The van der Waals surface area contributed by atoms with Crippen LogP contribution in [0.1, 0.15) is 44.1 Å². The van der Waals surface area contributed by atoms with Crippen LogP contribution in [0.2, 0.25) is 5.02 Å². The first kappa shape index (κ1) is 21.7. The molecule has 0 unspecified atom stereocenters. The van der Waals surface area contributed by atoms with Crippen LogP contribution in [0.4, 0.5) is 10.5 Å². The third kappa shape index (κ3) is 5.13. The molecule has 2 aromatic rings. The largest absolute Gasteiger partial charge is 0.444 e. The fourth-order valence-electron chi connectivity index (χ4n) is 3.20. The second-order valence-electron chi connectivity index (χ2n) is 8.01. The zero-order chi connectivity index (χ0) is 21.9. The molecule has 1 atom stereocenters. The number of rotatable bonds is 4. The smallest absolute Gasteiger partial charge is 0.410 e. The molecule has 1 aromatic carbocycles. The molecule has 0 saturated carbocycles. The Morgan fingerprint density at radius 2 is 1.83 bits per heavy atom. The molecular weight excluding hydrogens is 408 g/mol. The number of aromatic nitrogens is 1. The minimum absolute atomic E-state index is 0.0932. The summed E-state index contributed by atoms with van der Waals surface area (Å²) in [5.41, 5.74) is 2.71. The predicted molar refractivity (Wildman–Crippen MR) is 114 cm³/mol. The summed E-state index contributed by atoms with van der Waals surface area (Å²) in [6, 6.07) is 9.74. The van der Waals surface area contributed by atoms with E-state index in [-0.39, 0.29) is 10.7 Å². The Morgan fingerprint density at radius 1 is 1.13 bits per heavy atom. The van der Waals surface area contributed by atoms with Crippen molar-refractivity contribution in [1.82, 2.24) is 9.58 Å². The Hall–Kier alpha value is -3.00. The highest BCUT2D eigenvalue weighted by molar-refractivity contribution is 6.34. The highest BCUT2D eigenvalue weighted by Crippen LogP contribution is 2.23. The maximum Gasteiger partial charge on any atom is 0.410 e. The van der Waals surface area contributed by atoms with Crippen molar-refractivity contribution >= 4 is 35.2 Å². The lowest BCUT2D eigenvalue weighted by molar-refractivity contribution is -0.121. The van der Waals surface area contributed by atoms with Crippen LogP contribution in [0.5, 0.6) is 0 Å². The molecule has 2 heterocycles. The normalized spacial score (nSPS) is 16.3. The van der Waals surface area contributed by atoms with E-state index in [1.165, 1.54) is 21.8 Å². The van der Waals surface area contributed by atoms with Crippen LogP contribution in [0.15, 0.2) is 42.6 Å². The first-order valence-corrected chi connectivity index (χ1v) is 10.1. The quantitative estimate of drug-likeness (QED) is 0.767. The second kappa shape index (κ2) is 8.79. The average molecular weight is 433 g/mol. The summed E-state index contributed by atoms with van der Waals surface area (Å²) in [5, 5.41) is 2.93. The molecule has 0 aliphatic carbocycles. The highest BCUT2D eigenvalue weighted by Gasteiger charge is 2.37. The van der Waals surface area contributed by atoms with E-state index in [1.54, 1.807) is 45.0 Å². The molecule has 0 radical (unpaired) electrons. The molecule has 1 fully saturated rings. The first-order chi connectivity index (χ1) is 14.2. The van der Waals surface area contributed by atoms with Gasteiger partial charge in [0.05, 0.1) is 5.02 Å². The van der Waals surface area contributed by atoms with Crippen LogP contribution < -0.4 is 10.7 Å². The summed E-state index contributed by atoms with van der Waals surface area (Å²) in [6.07, 6.45) is 2.15. The molecule has 30 heavy (non-hydrogen) atoms. The van der Waals surface area contributed by atoms with Gasteiger partial charge in [0.25, 0.3) is 11.8 Å². The van der Waals surface area contributed by atoms with Crippen LogP contribution in [0.3, 0.4) is 0 Å². The van der Waals surface area contributed by atoms with Gasteiger partial charge < -0.3 is 10.1 Å². The van der Waals surface area contributed by atoms with E-state index < -0.39 is 29.6 Å². The van der Waals surface area contributed by atoms with Crippen molar-refractivity contribution < 1.29 is 19.1 Å². The summed E-state index contributed by atoms with van der Waals surface area (Å²) >= 11 is 6.18. The third-order valence-electron chi connectivity index (χ3n) is 4.50. The SMILES string of the molecule is CC(C)(C)OC(=O)N1CCC[C@H]1C(=O)Nn1ccc(Cl)c1C(=O)Nc1ccccc1. The molecule has 0 bridgehead atoms. The van der Waals surface area contributed by atoms with Gasteiger partial charge in [0.1, 0.15) is 17.3 Å². The topological polar surface area (TPSA) is 92.7 Å². The number of carbonyl (C=O) groups is 3. The van der Waals surface area contributed by atoms with Crippen LogP contribution in [0, 0.1) is 0 Å². The lowest BCUT2D eigenvalue weighted by Crippen LogP contribution is -2.47. The van der Waals surface area contributed by atoms with Gasteiger partial charge in [-0.2, -0.15) is 0 Å². The van der Waals surface area contributed by atoms with Crippen molar-refractivity contribution in [2.45, 2.75) is 45.3 Å². The molecule has 0 spiro atoms. The number of benzene rings is 1.